The van der Waals surface area contributed by atoms with E-state index in [9.17, 15) is 10.1 Å². The van der Waals surface area contributed by atoms with Crippen molar-refractivity contribution in [1.82, 2.24) is 0 Å². The largest absolute Gasteiger partial charge is 0.364 e. The van der Waals surface area contributed by atoms with Crippen LogP contribution in [0.15, 0.2) is 22.7 Å². The summed E-state index contributed by atoms with van der Waals surface area (Å²) in [7, 11) is 0. The Hall–Kier alpha value is -0.750. The van der Waals surface area contributed by atoms with Crippen molar-refractivity contribution in [2.75, 3.05) is 23.7 Å². The van der Waals surface area contributed by atoms with E-state index in [1.807, 2.05) is 23.9 Å². The first-order chi connectivity index (χ1) is 8.61. The topological polar surface area (TPSA) is 46.4 Å². The van der Waals surface area contributed by atoms with E-state index in [1.54, 1.807) is 6.07 Å². The number of rotatable bonds is 3. The van der Waals surface area contributed by atoms with Crippen molar-refractivity contribution >= 4 is 39.1 Å². The van der Waals surface area contributed by atoms with Gasteiger partial charge in [-0.05, 0) is 18.6 Å². The van der Waals surface area contributed by atoms with E-state index in [1.165, 1.54) is 0 Å². The van der Waals surface area contributed by atoms with Crippen LogP contribution in [-0.2, 0) is 0 Å². The van der Waals surface area contributed by atoms with Crippen LogP contribution in [0.25, 0.3) is 0 Å². The predicted octanol–water partition coefficient (Wildman–Crippen LogP) is 3.69. The maximum absolute atomic E-state index is 11.1. The van der Waals surface area contributed by atoms with Crippen LogP contribution in [0.5, 0.6) is 0 Å². The number of nitro groups is 1. The summed E-state index contributed by atoms with van der Waals surface area (Å²) in [5, 5.41) is 11.7. The number of anilines is 1. The van der Waals surface area contributed by atoms with Gasteiger partial charge >= 0.3 is 0 Å². The highest BCUT2D eigenvalue weighted by atomic mass is 79.9. The molecule has 1 fully saturated rings. The summed E-state index contributed by atoms with van der Waals surface area (Å²) in [5.41, 5.74) is 0.924. The second-order valence-electron chi connectivity index (χ2n) is 4.24. The van der Waals surface area contributed by atoms with Gasteiger partial charge in [-0.1, -0.05) is 22.9 Å². The molecule has 0 saturated carbocycles. The molecule has 0 bridgehead atoms. The third-order valence-electron chi connectivity index (χ3n) is 3.07. The fourth-order valence-electron chi connectivity index (χ4n) is 2.10. The minimum absolute atomic E-state index is 0.186. The summed E-state index contributed by atoms with van der Waals surface area (Å²) in [6, 6.07) is 5.29. The van der Waals surface area contributed by atoms with Crippen LogP contribution in [0.2, 0.25) is 0 Å². The number of halogens is 1. The van der Waals surface area contributed by atoms with Crippen LogP contribution in [0, 0.1) is 10.1 Å². The van der Waals surface area contributed by atoms with Gasteiger partial charge in [-0.3, -0.25) is 10.1 Å². The lowest BCUT2D eigenvalue weighted by molar-refractivity contribution is -0.384. The number of thioether (sulfide) groups is 1. The Morgan fingerprint density at radius 2 is 2.39 bits per heavy atom. The molecule has 1 atom stereocenters. The molecule has 1 aromatic rings. The van der Waals surface area contributed by atoms with E-state index in [0.717, 1.165) is 35.4 Å². The first kappa shape index (κ1) is 13.7. The molecule has 2 rings (SSSR count). The van der Waals surface area contributed by atoms with Gasteiger partial charge < -0.3 is 4.90 Å². The summed E-state index contributed by atoms with van der Waals surface area (Å²) < 4.78 is 0.747. The molecule has 98 valence electrons. The molecule has 1 aromatic carbocycles. The zero-order valence-corrected chi connectivity index (χ0v) is 12.5. The lowest BCUT2D eigenvalue weighted by Crippen LogP contribution is -2.37. The van der Waals surface area contributed by atoms with Crippen LogP contribution in [0.4, 0.5) is 11.4 Å². The molecule has 4 nitrogen and oxygen atoms in total. The van der Waals surface area contributed by atoms with Gasteiger partial charge in [0, 0.05) is 34.6 Å². The standard InChI is InChI=1S/C12H15BrN2O2S/c1-2-10-8-14(5-6-18-10)11-4-3-9(13)7-12(11)15(16)17/h3-4,7,10H,2,5-6,8H2,1H3. The average molecular weight is 331 g/mol. The smallest absolute Gasteiger partial charge is 0.293 e. The average Bonchev–Trinajstić information content (AvgIpc) is 2.38. The maximum atomic E-state index is 11.1. The van der Waals surface area contributed by atoms with Gasteiger partial charge in [-0.25, -0.2) is 0 Å². The molecular weight excluding hydrogens is 316 g/mol. The first-order valence-electron chi connectivity index (χ1n) is 5.92. The lowest BCUT2D eigenvalue weighted by Gasteiger charge is -2.33. The van der Waals surface area contributed by atoms with Crippen LogP contribution < -0.4 is 4.90 Å². The highest BCUT2D eigenvalue weighted by molar-refractivity contribution is 9.10. The summed E-state index contributed by atoms with van der Waals surface area (Å²) in [6.45, 7) is 3.93. The molecular formula is C12H15BrN2O2S. The van der Waals surface area contributed by atoms with Crippen molar-refractivity contribution in [3.63, 3.8) is 0 Å². The summed E-state index contributed by atoms with van der Waals surface area (Å²) >= 11 is 5.25. The lowest BCUT2D eigenvalue weighted by atomic mass is 10.2. The van der Waals surface area contributed by atoms with Gasteiger partial charge in [-0.2, -0.15) is 11.8 Å². The van der Waals surface area contributed by atoms with Crippen LogP contribution in [-0.4, -0.2) is 29.0 Å². The molecule has 0 amide bonds. The van der Waals surface area contributed by atoms with E-state index in [0.29, 0.717) is 5.25 Å². The van der Waals surface area contributed by atoms with E-state index >= 15 is 0 Å². The molecule has 0 aliphatic carbocycles. The van der Waals surface area contributed by atoms with E-state index in [-0.39, 0.29) is 10.6 Å². The molecule has 1 aliphatic heterocycles. The molecule has 0 aromatic heterocycles. The van der Waals surface area contributed by atoms with E-state index in [2.05, 4.69) is 27.8 Å². The second-order valence-corrected chi connectivity index (χ2v) is 6.56. The van der Waals surface area contributed by atoms with Gasteiger partial charge in [-0.15, -0.1) is 0 Å². The summed E-state index contributed by atoms with van der Waals surface area (Å²) in [6.07, 6.45) is 1.10. The highest BCUT2D eigenvalue weighted by Gasteiger charge is 2.25. The maximum Gasteiger partial charge on any atom is 0.293 e. The highest BCUT2D eigenvalue weighted by Crippen LogP contribution is 2.34. The number of hydrogen-bond donors (Lipinski definition) is 0. The monoisotopic (exact) mass is 330 g/mol. The molecule has 0 N–H and O–H groups in total. The fourth-order valence-corrected chi connectivity index (χ4v) is 3.62. The Morgan fingerprint density at radius 1 is 1.61 bits per heavy atom. The Labute approximate surface area is 119 Å². The first-order valence-corrected chi connectivity index (χ1v) is 7.76. The van der Waals surface area contributed by atoms with E-state index in [4.69, 9.17) is 0 Å². The fraction of sp³-hybridized carbons (Fsp3) is 0.500. The summed E-state index contributed by atoms with van der Waals surface area (Å²) in [5.74, 6) is 1.03. The van der Waals surface area contributed by atoms with Crippen molar-refractivity contribution in [2.24, 2.45) is 0 Å². The van der Waals surface area contributed by atoms with Crippen LogP contribution in [0.1, 0.15) is 13.3 Å². The SMILES string of the molecule is CCC1CN(c2ccc(Br)cc2[N+](=O)[O-])CCS1. The molecule has 6 heteroatoms. The van der Waals surface area contributed by atoms with Crippen molar-refractivity contribution in [3.8, 4) is 0 Å². The number of nitrogens with zero attached hydrogens (tertiary/aromatic N) is 2. The molecule has 0 spiro atoms. The second kappa shape index (κ2) is 5.93. The molecule has 1 heterocycles. The van der Waals surface area contributed by atoms with Crippen molar-refractivity contribution in [2.45, 2.75) is 18.6 Å². The van der Waals surface area contributed by atoms with Crippen molar-refractivity contribution < 1.29 is 4.92 Å². The Balaban J connectivity index is 2.29. The van der Waals surface area contributed by atoms with Crippen LogP contribution >= 0.6 is 27.7 Å². The number of nitro benzene ring substituents is 1. The Bertz CT molecular complexity index is 456. The number of benzene rings is 1. The zero-order chi connectivity index (χ0) is 13.1. The van der Waals surface area contributed by atoms with Gasteiger partial charge in [0.15, 0.2) is 0 Å². The van der Waals surface area contributed by atoms with E-state index < -0.39 is 0 Å². The third-order valence-corrected chi connectivity index (χ3v) is 4.93. The van der Waals surface area contributed by atoms with Crippen molar-refractivity contribution in [1.29, 1.82) is 0 Å². The van der Waals surface area contributed by atoms with Crippen molar-refractivity contribution in [3.05, 3.63) is 32.8 Å². The molecule has 1 saturated heterocycles. The molecule has 1 aliphatic rings. The summed E-state index contributed by atoms with van der Waals surface area (Å²) in [4.78, 5) is 13.0. The van der Waals surface area contributed by atoms with Crippen LogP contribution in [0.3, 0.4) is 0 Å². The van der Waals surface area contributed by atoms with Gasteiger partial charge in [0.1, 0.15) is 5.69 Å². The number of hydrogen-bond acceptors (Lipinski definition) is 4. The minimum Gasteiger partial charge on any atom is -0.364 e. The minimum atomic E-state index is -0.303. The normalized spacial score (nSPS) is 19.9. The quantitative estimate of drug-likeness (QED) is 0.626. The predicted molar refractivity (Wildman–Crippen MR) is 79.5 cm³/mol. The zero-order valence-electron chi connectivity index (χ0n) is 10.1. The molecule has 0 radical (unpaired) electrons. The molecule has 18 heavy (non-hydrogen) atoms. The Morgan fingerprint density at radius 3 is 3.06 bits per heavy atom. The van der Waals surface area contributed by atoms with Gasteiger partial charge in [0.2, 0.25) is 0 Å². The van der Waals surface area contributed by atoms with Gasteiger partial charge in [0.25, 0.3) is 5.69 Å². The Kier molecular flexibility index (Phi) is 4.50. The van der Waals surface area contributed by atoms with Gasteiger partial charge in [0.05, 0.1) is 4.92 Å². The third kappa shape index (κ3) is 2.98. The molecule has 1 unspecified atom stereocenters.